The predicted octanol–water partition coefficient (Wildman–Crippen LogP) is 4.33. The van der Waals surface area contributed by atoms with Crippen LogP contribution in [0, 0.1) is 6.92 Å². The zero-order valence-electron chi connectivity index (χ0n) is 14.3. The zero-order chi connectivity index (χ0) is 18.0. The maximum Gasteiger partial charge on any atom is 0.228 e. The number of hydrogen-bond acceptors (Lipinski definition) is 3. The summed E-state index contributed by atoms with van der Waals surface area (Å²) in [5.41, 5.74) is 3.52. The van der Waals surface area contributed by atoms with Crippen molar-refractivity contribution < 1.29 is 14.3 Å². The van der Waals surface area contributed by atoms with Gasteiger partial charge in [0, 0.05) is 33.4 Å². The van der Waals surface area contributed by atoms with Crippen LogP contribution in [0.25, 0.3) is 10.9 Å². The molecular formula is C19H19ClN2O3. The standard InChI is InChI=1S/C19H19ClN2O3/c1-11-14(15-8-12(20)4-6-16(15)21-11)10-19(23)22-13-5-7-17(24-2)18(9-13)25-3/h4-9,21H,10H2,1-3H3,(H,22,23). The minimum absolute atomic E-state index is 0.115. The second-order valence-corrected chi connectivity index (χ2v) is 6.15. The molecule has 0 saturated carbocycles. The van der Waals surface area contributed by atoms with Crippen molar-refractivity contribution in [1.29, 1.82) is 0 Å². The summed E-state index contributed by atoms with van der Waals surface area (Å²) in [4.78, 5) is 15.8. The number of hydrogen-bond donors (Lipinski definition) is 2. The Kier molecular flexibility index (Phi) is 4.86. The van der Waals surface area contributed by atoms with Crippen LogP contribution in [0.5, 0.6) is 11.5 Å². The van der Waals surface area contributed by atoms with Gasteiger partial charge in [0.15, 0.2) is 11.5 Å². The van der Waals surface area contributed by atoms with Crippen LogP contribution >= 0.6 is 11.6 Å². The van der Waals surface area contributed by atoms with Crippen LogP contribution in [0.3, 0.4) is 0 Å². The number of H-pyrrole nitrogens is 1. The van der Waals surface area contributed by atoms with Gasteiger partial charge in [0.1, 0.15) is 0 Å². The molecule has 1 heterocycles. The molecule has 0 aliphatic rings. The molecule has 2 N–H and O–H groups in total. The van der Waals surface area contributed by atoms with Crippen molar-refractivity contribution in [3.63, 3.8) is 0 Å². The van der Waals surface area contributed by atoms with Gasteiger partial charge < -0.3 is 19.8 Å². The summed E-state index contributed by atoms with van der Waals surface area (Å²) < 4.78 is 10.5. The van der Waals surface area contributed by atoms with Gasteiger partial charge in [0.25, 0.3) is 0 Å². The first kappa shape index (κ1) is 17.2. The van der Waals surface area contributed by atoms with Gasteiger partial charge in [-0.15, -0.1) is 0 Å². The van der Waals surface area contributed by atoms with Gasteiger partial charge in [0.2, 0.25) is 5.91 Å². The van der Waals surface area contributed by atoms with Crippen LogP contribution in [-0.2, 0) is 11.2 Å². The minimum atomic E-state index is -0.115. The number of methoxy groups -OCH3 is 2. The molecule has 2 aromatic carbocycles. The Labute approximate surface area is 150 Å². The van der Waals surface area contributed by atoms with Gasteiger partial charge in [0.05, 0.1) is 20.6 Å². The number of anilines is 1. The summed E-state index contributed by atoms with van der Waals surface area (Å²) in [5, 5.41) is 4.50. The number of aryl methyl sites for hydroxylation is 1. The monoisotopic (exact) mass is 358 g/mol. The first-order valence-corrected chi connectivity index (χ1v) is 8.18. The zero-order valence-corrected chi connectivity index (χ0v) is 15.0. The molecule has 0 saturated heterocycles. The van der Waals surface area contributed by atoms with Gasteiger partial charge in [-0.25, -0.2) is 0 Å². The van der Waals surface area contributed by atoms with Crippen molar-refractivity contribution in [3.8, 4) is 11.5 Å². The summed E-state index contributed by atoms with van der Waals surface area (Å²) in [6.07, 6.45) is 0.251. The van der Waals surface area contributed by atoms with Crippen LogP contribution in [0.1, 0.15) is 11.3 Å². The lowest BCUT2D eigenvalue weighted by Crippen LogP contribution is -2.14. The molecule has 0 aliphatic carbocycles. The lowest BCUT2D eigenvalue weighted by Gasteiger charge is -2.10. The number of ether oxygens (including phenoxy) is 2. The molecule has 130 valence electrons. The highest BCUT2D eigenvalue weighted by molar-refractivity contribution is 6.31. The molecule has 3 rings (SSSR count). The highest BCUT2D eigenvalue weighted by Gasteiger charge is 2.14. The van der Waals surface area contributed by atoms with Crippen molar-refractivity contribution in [3.05, 3.63) is 52.7 Å². The van der Waals surface area contributed by atoms with E-state index in [-0.39, 0.29) is 12.3 Å². The number of aromatic amines is 1. The van der Waals surface area contributed by atoms with E-state index in [1.165, 1.54) is 0 Å². The third kappa shape index (κ3) is 3.56. The molecule has 25 heavy (non-hydrogen) atoms. The highest BCUT2D eigenvalue weighted by Crippen LogP contribution is 2.30. The highest BCUT2D eigenvalue weighted by atomic mass is 35.5. The Bertz CT molecular complexity index is 934. The molecule has 0 unspecified atom stereocenters. The van der Waals surface area contributed by atoms with Crippen molar-refractivity contribution in [2.24, 2.45) is 0 Å². The summed E-state index contributed by atoms with van der Waals surface area (Å²) in [6, 6.07) is 10.9. The average Bonchev–Trinajstić information content (AvgIpc) is 2.90. The molecule has 0 fully saturated rings. The van der Waals surface area contributed by atoms with E-state index in [1.807, 2.05) is 25.1 Å². The van der Waals surface area contributed by atoms with E-state index in [2.05, 4.69) is 10.3 Å². The fourth-order valence-corrected chi connectivity index (χ4v) is 3.03. The van der Waals surface area contributed by atoms with Gasteiger partial charge in [-0.05, 0) is 42.8 Å². The topological polar surface area (TPSA) is 63.3 Å². The summed E-state index contributed by atoms with van der Waals surface area (Å²) in [7, 11) is 3.13. The van der Waals surface area contributed by atoms with E-state index >= 15 is 0 Å². The van der Waals surface area contributed by atoms with E-state index in [1.54, 1.807) is 32.4 Å². The molecule has 1 amide bonds. The molecule has 0 spiro atoms. The van der Waals surface area contributed by atoms with Crippen molar-refractivity contribution >= 4 is 34.1 Å². The number of rotatable bonds is 5. The van der Waals surface area contributed by atoms with Crippen LogP contribution in [0.4, 0.5) is 5.69 Å². The number of carbonyl (C=O) groups is 1. The third-order valence-corrected chi connectivity index (χ3v) is 4.32. The molecule has 3 aromatic rings. The number of benzene rings is 2. The van der Waals surface area contributed by atoms with Crippen LogP contribution in [0.2, 0.25) is 5.02 Å². The SMILES string of the molecule is COc1ccc(NC(=O)Cc2c(C)[nH]c3ccc(Cl)cc23)cc1OC. The quantitative estimate of drug-likeness (QED) is 0.713. The molecule has 5 nitrogen and oxygen atoms in total. The molecule has 0 bridgehead atoms. The Morgan fingerprint density at radius 3 is 2.60 bits per heavy atom. The molecule has 6 heteroatoms. The summed E-state index contributed by atoms with van der Waals surface area (Å²) in [5.74, 6) is 1.06. The largest absolute Gasteiger partial charge is 0.493 e. The average molecular weight is 359 g/mol. The maximum atomic E-state index is 12.5. The second-order valence-electron chi connectivity index (χ2n) is 5.71. The first-order chi connectivity index (χ1) is 12.0. The molecular weight excluding hydrogens is 340 g/mol. The van der Waals surface area contributed by atoms with Gasteiger partial charge in [-0.2, -0.15) is 0 Å². The van der Waals surface area contributed by atoms with Crippen molar-refractivity contribution in [2.75, 3.05) is 19.5 Å². The second kappa shape index (κ2) is 7.07. The summed E-state index contributed by atoms with van der Waals surface area (Å²) >= 11 is 6.09. The number of carbonyl (C=O) groups excluding carboxylic acids is 1. The van der Waals surface area contributed by atoms with E-state index in [0.717, 1.165) is 22.2 Å². The van der Waals surface area contributed by atoms with Crippen LogP contribution < -0.4 is 14.8 Å². The Hall–Kier alpha value is -2.66. The lowest BCUT2D eigenvalue weighted by atomic mass is 10.1. The summed E-state index contributed by atoms with van der Waals surface area (Å²) in [6.45, 7) is 1.95. The van der Waals surface area contributed by atoms with E-state index in [0.29, 0.717) is 22.2 Å². The number of halogens is 1. The minimum Gasteiger partial charge on any atom is -0.493 e. The van der Waals surface area contributed by atoms with Crippen molar-refractivity contribution in [2.45, 2.75) is 13.3 Å². The number of aromatic nitrogens is 1. The molecule has 0 atom stereocenters. The van der Waals surface area contributed by atoms with E-state index in [4.69, 9.17) is 21.1 Å². The van der Waals surface area contributed by atoms with Crippen LogP contribution in [-0.4, -0.2) is 25.1 Å². The molecule has 1 aromatic heterocycles. The van der Waals surface area contributed by atoms with E-state index in [9.17, 15) is 4.79 Å². The van der Waals surface area contributed by atoms with Crippen molar-refractivity contribution in [1.82, 2.24) is 4.98 Å². The smallest absolute Gasteiger partial charge is 0.228 e. The maximum absolute atomic E-state index is 12.5. The lowest BCUT2D eigenvalue weighted by molar-refractivity contribution is -0.115. The number of amides is 1. The Balaban J connectivity index is 1.81. The molecule has 0 radical (unpaired) electrons. The Morgan fingerprint density at radius 2 is 1.88 bits per heavy atom. The predicted molar refractivity (Wildman–Crippen MR) is 99.9 cm³/mol. The van der Waals surface area contributed by atoms with E-state index < -0.39 is 0 Å². The van der Waals surface area contributed by atoms with Gasteiger partial charge in [-0.1, -0.05) is 11.6 Å². The first-order valence-electron chi connectivity index (χ1n) is 7.80. The fraction of sp³-hybridized carbons (Fsp3) is 0.211. The fourth-order valence-electron chi connectivity index (χ4n) is 2.86. The Morgan fingerprint density at radius 1 is 1.12 bits per heavy atom. The van der Waals surface area contributed by atoms with Gasteiger partial charge in [-0.3, -0.25) is 4.79 Å². The molecule has 0 aliphatic heterocycles. The number of fused-ring (bicyclic) bond motifs is 1. The third-order valence-electron chi connectivity index (χ3n) is 4.09. The van der Waals surface area contributed by atoms with Gasteiger partial charge >= 0.3 is 0 Å². The van der Waals surface area contributed by atoms with Crippen LogP contribution in [0.15, 0.2) is 36.4 Å². The number of nitrogens with one attached hydrogen (secondary N) is 2. The normalized spacial score (nSPS) is 10.7.